The lowest BCUT2D eigenvalue weighted by molar-refractivity contribution is 0.0601. The van der Waals surface area contributed by atoms with Crippen LogP contribution in [0.15, 0.2) is 41.3 Å². The Kier molecular flexibility index (Phi) is 8.80. The molecule has 202 valence electrons. The van der Waals surface area contributed by atoms with Crippen LogP contribution >= 0.6 is 23.6 Å². The van der Waals surface area contributed by atoms with Gasteiger partial charge in [0.05, 0.1) is 28.1 Å². The van der Waals surface area contributed by atoms with Crippen molar-refractivity contribution in [2.75, 3.05) is 36.6 Å². The minimum Gasteiger partial charge on any atom is -0.465 e. The number of carbonyl (C=O) groups excluding carboxylic acids is 2. The molecule has 0 aliphatic heterocycles. The predicted octanol–water partition coefficient (Wildman–Crippen LogP) is 5.08. The van der Waals surface area contributed by atoms with E-state index in [4.69, 9.17) is 17.0 Å². The molecule has 12 heteroatoms. The molecule has 0 fully saturated rings. The van der Waals surface area contributed by atoms with Crippen LogP contribution in [-0.4, -0.2) is 51.5 Å². The Hall–Kier alpha value is -3.48. The molecule has 1 aromatic heterocycles. The molecule has 0 saturated heterocycles. The van der Waals surface area contributed by atoms with Crippen molar-refractivity contribution < 1.29 is 22.7 Å². The highest BCUT2D eigenvalue weighted by Crippen LogP contribution is 2.34. The first-order valence-electron chi connectivity index (χ1n) is 11.5. The van der Waals surface area contributed by atoms with Crippen LogP contribution in [0.4, 0.5) is 16.4 Å². The van der Waals surface area contributed by atoms with E-state index in [1.165, 1.54) is 24.1 Å². The second kappa shape index (κ2) is 11.5. The molecule has 0 saturated carbocycles. The first kappa shape index (κ1) is 29.1. The molecule has 38 heavy (non-hydrogen) atoms. The van der Waals surface area contributed by atoms with Gasteiger partial charge in [-0.1, -0.05) is 17.7 Å². The van der Waals surface area contributed by atoms with Crippen molar-refractivity contribution in [1.29, 1.82) is 0 Å². The van der Waals surface area contributed by atoms with Gasteiger partial charge in [-0.05, 0) is 80.9 Å². The number of rotatable bonds is 7. The molecular weight excluding hydrogens is 545 g/mol. The fraction of sp³-hybridized carbons (Fsp3) is 0.269. The lowest BCUT2D eigenvalue weighted by atomic mass is 10.1. The molecule has 0 radical (unpaired) electrons. The highest BCUT2D eigenvalue weighted by molar-refractivity contribution is 7.92. The fourth-order valence-corrected chi connectivity index (χ4v) is 6.58. The largest absolute Gasteiger partial charge is 0.465 e. The number of anilines is 3. The maximum absolute atomic E-state index is 13.0. The van der Waals surface area contributed by atoms with Crippen molar-refractivity contribution >= 4 is 66.9 Å². The molecule has 3 rings (SSSR count). The van der Waals surface area contributed by atoms with Crippen LogP contribution in [0.1, 0.15) is 42.3 Å². The zero-order valence-corrected chi connectivity index (χ0v) is 24.6. The van der Waals surface area contributed by atoms with Gasteiger partial charge in [0.1, 0.15) is 5.00 Å². The summed E-state index contributed by atoms with van der Waals surface area (Å²) in [6.45, 7) is 7.35. The summed E-state index contributed by atoms with van der Waals surface area (Å²) in [6.07, 6.45) is 0. The van der Waals surface area contributed by atoms with Gasteiger partial charge in [-0.2, -0.15) is 0 Å². The normalized spacial score (nSPS) is 11.0. The third kappa shape index (κ3) is 6.32. The molecule has 2 aromatic carbocycles. The van der Waals surface area contributed by atoms with Crippen molar-refractivity contribution in [1.82, 2.24) is 4.90 Å². The maximum atomic E-state index is 13.0. The summed E-state index contributed by atoms with van der Waals surface area (Å²) in [5.41, 5.74) is 4.54. The summed E-state index contributed by atoms with van der Waals surface area (Å²) in [5.74, 6) is -0.839. The minimum absolute atomic E-state index is 0.0926. The summed E-state index contributed by atoms with van der Waals surface area (Å²) in [6, 6.07) is 9.95. The summed E-state index contributed by atoms with van der Waals surface area (Å²) in [7, 11) is 0.703. The maximum Gasteiger partial charge on any atom is 0.341 e. The van der Waals surface area contributed by atoms with Gasteiger partial charge in [-0.15, -0.1) is 11.3 Å². The monoisotopic (exact) mass is 574 g/mol. The highest BCUT2D eigenvalue weighted by atomic mass is 32.2. The number of benzene rings is 2. The molecule has 0 bridgehead atoms. The van der Waals surface area contributed by atoms with Crippen LogP contribution in [0.2, 0.25) is 0 Å². The van der Waals surface area contributed by atoms with Crippen molar-refractivity contribution in [3.8, 4) is 0 Å². The molecule has 3 aromatic rings. The number of nitrogens with one attached hydrogen (secondary N) is 3. The van der Waals surface area contributed by atoms with E-state index >= 15 is 0 Å². The van der Waals surface area contributed by atoms with Crippen LogP contribution in [0.5, 0.6) is 0 Å². The number of aryl methyl sites for hydroxylation is 3. The quantitative estimate of drug-likeness (QED) is 0.264. The van der Waals surface area contributed by atoms with Crippen LogP contribution < -0.4 is 15.4 Å². The van der Waals surface area contributed by atoms with E-state index in [1.807, 2.05) is 32.9 Å². The number of sulfonamides is 1. The minimum atomic E-state index is -3.81. The Labute approximate surface area is 232 Å². The number of ether oxygens (including phenoxy) is 1. The van der Waals surface area contributed by atoms with Crippen LogP contribution in [0.25, 0.3) is 0 Å². The number of esters is 1. The lowest BCUT2D eigenvalue weighted by Gasteiger charge is -2.15. The van der Waals surface area contributed by atoms with Crippen molar-refractivity contribution in [3.05, 3.63) is 69.1 Å². The number of thiophene rings is 1. The molecule has 0 spiro atoms. The average Bonchev–Trinajstić information content (AvgIpc) is 3.15. The molecule has 0 aliphatic rings. The average molecular weight is 575 g/mol. The Balaban J connectivity index is 1.78. The molecule has 0 unspecified atom stereocenters. The smallest absolute Gasteiger partial charge is 0.341 e. The number of nitrogens with zero attached hydrogens (tertiary/aromatic N) is 1. The van der Waals surface area contributed by atoms with E-state index in [0.29, 0.717) is 26.8 Å². The summed E-state index contributed by atoms with van der Waals surface area (Å²) in [5, 5.41) is 6.45. The Morgan fingerprint density at radius 2 is 1.55 bits per heavy atom. The molecule has 0 aliphatic carbocycles. The van der Waals surface area contributed by atoms with E-state index in [9.17, 15) is 18.0 Å². The van der Waals surface area contributed by atoms with Crippen molar-refractivity contribution in [2.45, 2.75) is 32.6 Å². The summed E-state index contributed by atoms with van der Waals surface area (Å²) in [4.78, 5) is 26.9. The zero-order valence-electron chi connectivity index (χ0n) is 22.2. The molecule has 1 amide bonds. The standard InChI is InChI=1S/C26H30N4O5S3/c1-14-12-15(2)21(16(3)13-14)29-38(33,34)19-10-8-18(9-11-19)27-26(36)28-23-20(25(32)35-7)17(4)22(37-23)24(31)30(5)6/h8-13,29H,1-7H3,(H2,27,28,36). The Morgan fingerprint density at radius 3 is 2.08 bits per heavy atom. The zero-order chi connectivity index (χ0) is 28.4. The number of thiocarbonyl (C=S) groups is 1. The number of amides is 1. The van der Waals surface area contributed by atoms with E-state index < -0.39 is 16.0 Å². The summed E-state index contributed by atoms with van der Waals surface area (Å²) >= 11 is 6.51. The number of hydrogen-bond acceptors (Lipinski definition) is 7. The highest BCUT2D eigenvalue weighted by Gasteiger charge is 2.26. The molecule has 1 heterocycles. The third-order valence-corrected chi connectivity index (χ3v) is 8.46. The van der Waals surface area contributed by atoms with Gasteiger partial charge in [-0.25, -0.2) is 13.2 Å². The van der Waals surface area contributed by atoms with Gasteiger partial charge in [0.25, 0.3) is 15.9 Å². The van der Waals surface area contributed by atoms with Crippen LogP contribution in [0, 0.1) is 27.7 Å². The van der Waals surface area contributed by atoms with Gasteiger partial charge in [0.15, 0.2) is 5.11 Å². The lowest BCUT2D eigenvalue weighted by Crippen LogP contribution is -2.21. The van der Waals surface area contributed by atoms with Gasteiger partial charge in [0.2, 0.25) is 0 Å². The Morgan fingerprint density at radius 1 is 0.974 bits per heavy atom. The first-order valence-corrected chi connectivity index (χ1v) is 14.2. The molecule has 3 N–H and O–H groups in total. The van der Waals surface area contributed by atoms with Crippen molar-refractivity contribution in [3.63, 3.8) is 0 Å². The second-order valence-corrected chi connectivity index (χ2v) is 12.0. The van der Waals surface area contributed by atoms with Gasteiger partial charge >= 0.3 is 5.97 Å². The molecule has 9 nitrogen and oxygen atoms in total. The fourth-order valence-electron chi connectivity index (χ4n) is 3.87. The molecule has 0 atom stereocenters. The van der Waals surface area contributed by atoms with E-state index in [1.54, 1.807) is 33.2 Å². The van der Waals surface area contributed by atoms with Crippen LogP contribution in [-0.2, 0) is 14.8 Å². The van der Waals surface area contributed by atoms with Gasteiger partial charge in [-0.3, -0.25) is 9.52 Å². The molecular formula is C26H30N4O5S3. The predicted molar refractivity (Wildman–Crippen MR) is 156 cm³/mol. The van der Waals surface area contributed by atoms with Gasteiger partial charge in [0, 0.05) is 19.8 Å². The van der Waals surface area contributed by atoms with Crippen molar-refractivity contribution in [2.24, 2.45) is 0 Å². The van der Waals surface area contributed by atoms with E-state index in [-0.39, 0.29) is 21.5 Å². The van der Waals surface area contributed by atoms with Crippen LogP contribution in [0.3, 0.4) is 0 Å². The summed E-state index contributed by atoms with van der Waals surface area (Å²) < 4.78 is 33.6. The number of methoxy groups -OCH3 is 1. The number of hydrogen-bond donors (Lipinski definition) is 3. The second-order valence-electron chi connectivity index (χ2n) is 8.93. The topological polar surface area (TPSA) is 117 Å². The third-order valence-electron chi connectivity index (χ3n) is 5.70. The number of carbonyl (C=O) groups is 2. The van der Waals surface area contributed by atoms with E-state index in [0.717, 1.165) is 28.0 Å². The Bertz CT molecular complexity index is 1490. The van der Waals surface area contributed by atoms with E-state index in [2.05, 4.69) is 15.4 Å². The SMILES string of the molecule is COC(=O)c1c(NC(=S)Nc2ccc(S(=O)(=O)Nc3c(C)cc(C)cc3C)cc2)sc(C(=O)N(C)C)c1C. The first-order chi connectivity index (χ1) is 17.7. The van der Waals surface area contributed by atoms with Gasteiger partial charge < -0.3 is 20.3 Å².